The first-order valence-corrected chi connectivity index (χ1v) is 7.95. The maximum Gasteiger partial charge on any atom is 0.129 e. The number of thiazole rings is 1. The number of Topliss-reactive ketones (excluding diaryl/α,β-unsaturated/α-hetero) is 1. The molecule has 0 bridgehead atoms. The van der Waals surface area contributed by atoms with Gasteiger partial charge in [0, 0.05) is 12.3 Å². The molecule has 0 saturated carbocycles. The molecule has 0 aliphatic carbocycles. The molecule has 106 valence electrons. The molecule has 1 unspecified atom stereocenters. The second kappa shape index (κ2) is 6.19. The van der Waals surface area contributed by atoms with Crippen LogP contribution in [-0.2, 0) is 4.79 Å². The molecule has 1 atom stereocenters. The van der Waals surface area contributed by atoms with Gasteiger partial charge in [0.05, 0.1) is 10.2 Å². The van der Waals surface area contributed by atoms with Crippen LogP contribution in [0.3, 0.4) is 0 Å². The Morgan fingerprint density at radius 1 is 1.10 bits per heavy atom. The number of carbonyl (C=O) groups excluding carboxylic acids is 1. The highest BCUT2D eigenvalue weighted by atomic mass is 32.1. The van der Waals surface area contributed by atoms with E-state index in [1.54, 1.807) is 18.3 Å². The van der Waals surface area contributed by atoms with Crippen LogP contribution in [0.1, 0.15) is 36.3 Å². The molecule has 0 amide bonds. The zero-order chi connectivity index (χ0) is 14.7. The van der Waals surface area contributed by atoms with Crippen molar-refractivity contribution in [2.45, 2.75) is 25.7 Å². The van der Waals surface area contributed by atoms with Crippen molar-refractivity contribution in [3.63, 3.8) is 0 Å². The van der Waals surface area contributed by atoms with Gasteiger partial charge in [0.15, 0.2) is 0 Å². The third-order valence-electron chi connectivity index (χ3n) is 3.60. The summed E-state index contributed by atoms with van der Waals surface area (Å²) >= 11 is 1.73. The molecule has 0 N–H and O–H groups in total. The van der Waals surface area contributed by atoms with Crippen molar-refractivity contribution in [3.8, 4) is 0 Å². The highest BCUT2D eigenvalue weighted by Crippen LogP contribution is 2.34. The molecule has 0 saturated heterocycles. The molecule has 3 aromatic rings. The summed E-state index contributed by atoms with van der Waals surface area (Å²) < 4.78 is 1.20. The fourth-order valence-electron chi connectivity index (χ4n) is 2.50. The SMILES string of the molecule is CC(=O)CCC(c1ccccc1)c1nc2ccccc2s1. The maximum absolute atomic E-state index is 11.4. The molecule has 2 nitrogen and oxygen atoms in total. The monoisotopic (exact) mass is 295 g/mol. The molecule has 1 aromatic heterocycles. The number of ketones is 1. The standard InChI is InChI=1S/C18H17NOS/c1-13(20)11-12-15(14-7-3-2-4-8-14)18-19-16-9-5-6-10-17(16)21-18/h2-10,15H,11-12H2,1H3. The Morgan fingerprint density at radius 2 is 1.81 bits per heavy atom. The summed E-state index contributed by atoms with van der Waals surface area (Å²) in [6, 6.07) is 18.5. The van der Waals surface area contributed by atoms with E-state index in [9.17, 15) is 4.79 Å². The van der Waals surface area contributed by atoms with Crippen LogP contribution in [0.2, 0.25) is 0 Å². The fourth-order valence-corrected chi connectivity index (χ4v) is 3.64. The lowest BCUT2D eigenvalue weighted by Gasteiger charge is -2.14. The molecule has 0 aliphatic heterocycles. The van der Waals surface area contributed by atoms with E-state index in [1.807, 2.05) is 36.4 Å². The third kappa shape index (κ3) is 3.19. The molecular weight excluding hydrogens is 278 g/mol. The number of fused-ring (bicyclic) bond motifs is 1. The van der Waals surface area contributed by atoms with E-state index in [0.717, 1.165) is 16.9 Å². The Balaban J connectivity index is 1.99. The first-order chi connectivity index (χ1) is 10.2. The zero-order valence-corrected chi connectivity index (χ0v) is 12.8. The minimum atomic E-state index is 0.201. The van der Waals surface area contributed by atoms with E-state index in [1.165, 1.54) is 10.3 Å². The Morgan fingerprint density at radius 3 is 2.52 bits per heavy atom. The maximum atomic E-state index is 11.4. The molecule has 3 rings (SSSR count). The van der Waals surface area contributed by atoms with Gasteiger partial charge in [-0.2, -0.15) is 0 Å². The van der Waals surface area contributed by atoms with Gasteiger partial charge in [0.25, 0.3) is 0 Å². The van der Waals surface area contributed by atoms with Gasteiger partial charge in [-0.05, 0) is 31.0 Å². The molecular formula is C18H17NOS. The number of carbonyl (C=O) groups is 1. The number of hydrogen-bond donors (Lipinski definition) is 0. The van der Waals surface area contributed by atoms with Crippen molar-refractivity contribution in [3.05, 3.63) is 65.2 Å². The summed E-state index contributed by atoms with van der Waals surface area (Å²) in [4.78, 5) is 16.1. The molecule has 0 radical (unpaired) electrons. The topological polar surface area (TPSA) is 30.0 Å². The molecule has 0 fully saturated rings. The van der Waals surface area contributed by atoms with Crippen LogP contribution >= 0.6 is 11.3 Å². The van der Waals surface area contributed by atoms with Crippen molar-refractivity contribution in [2.24, 2.45) is 0 Å². The summed E-state index contributed by atoms with van der Waals surface area (Å²) in [5, 5.41) is 1.10. The largest absolute Gasteiger partial charge is 0.300 e. The lowest BCUT2D eigenvalue weighted by Crippen LogP contribution is -2.03. The normalized spacial score (nSPS) is 12.4. The summed E-state index contributed by atoms with van der Waals surface area (Å²) in [5.41, 5.74) is 2.28. The average molecular weight is 295 g/mol. The number of rotatable bonds is 5. The number of nitrogens with zero attached hydrogens (tertiary/aromatic N) is 1. The third-order valence-corrected chi connectivity index (χ3v) is 4.75. The van der Waals surface area contributed by atoms with Crippen LogP contribution in [0.5, 0.6) is 0 Å². The Bertz CT molecular complexity index is 715. The van der Waals surface area contributed by atoms with Gasteiger partial charge in [0.1, 0.15) is 10.8 Å². The van der Waals surface area contributed by atoms with Gasteiger partial charge in [-0.3, -0.25) is 0 Å². The molecule has 2 aromatic carbocycles. The molecule has 1 heterocycles. The predicted molar refractivity (Wildman–Crippen MR) is 87.8 cm³/mol. The minimum absolute atomic E-state index is 0.201. The van der Waals surface area contributed by atoms with Gasteiger partial charge in [-0.1, -0.05) is 42.5 Å². The lowest BCUT2D eigenvalue weighted by molar-refractivity contribution is -0.117. The van der Waals surface area contributed by atoms with E-state index in [2.05, 4.69) is 18.2 Å². The molecule has 0 aliphatic rings. The van der Waals surface area contributed by atoms with E-state index in [0.29, 0.717) is 6.42 Å². The van der Waals surface area contributed by atoms with Crippen molar-refractivity contribution in [2.75, 3.05) is 0 Å². The number of aromatic nitrogens is 1. The zero-order valence-electron chi connectivity index (χ0n) is 12.0. The van der Waals surface area contributed by atoms with E-state index in [4.69, 9.17) is 4.98 Å². The molecule has 21 heavy (non-hydrogen) atoms. The fraction of sp³-hybridized carbons (Fsp3) is 0.222. The van der Waals surface area contributed by atoms with Crippen molar-refractivity contribution in [1.82, 2.24) is 4.98 Å². The van der Waals surface area contributed by atoms with Gasteiger partial charge in [-0.25, -0.2) is 4.98 Å². The van der Waals surface area contributed by atoms with Crippen molar-refractivity contribution in [1.29, 1.82) is 0 Å². The molecule has 0 spiro atoms. The minimum Gasteiger partial charge on any atom is -0.300 e. The highest BCUT2D eigenvalue weighted by Gasteiger charge is 2.18. The Kier molecular flexibility index (Phi) is 4.11. The Labute approximate surface area is 128 Å². The van der Waals surface area contributed by atoms with Crippen LogP contribution in [0.15, 0.2) is 54.6 Å². The summed E-state index contributed by atoms with van der Waals surface area (Å²) in [5.74, 6) is 0.435. The van der Waals surface area contributed by atoms with E-state index < -0.39 is 0 Å². The Hall–Kier alpha value is -2.00. The number of benzene rings is 2. The van der Waals surface area contributed by atoms with Crippen LogP contribution in [-0.4, -0.2) is 10.8 Å². The quantitative estimate of drug-likeness (QED) is 0.677. The second-order valence-electron chi connectivity index (χ2n) is 5.22. The van der Waals surface area contributed by atoms with Gasteiger partial charge >= 0.3 is 0 Å². The van der Waals surface area contributed by atoms with E-state index >= 15 is 0 Å². The van der Waals surface area contributed by atoms with Crippen molar-refractivity contribution >= 4 is 27.3 Å². The van der Waals surface area contributed by atoms with Crippen LogP contribution in [0.25, 0.3) is 10.2 Å². The first kappa shape index (κ1) is 14.0. The summed E-state index contributed by atoms with van der Waals surface area (Å²) in [7, 11) is 0. The number of hydrogen-bond acceptors (Lipinski definition) is 3. The van der Waals surface area contributed by atoms with Crippen LogP contribution in [0, 0.1) is 0 Å². The highest BCUT2D eigenvalue weighted by molar-refractivity contribution is 7.18. The first-order valence-electron chi connectivity index (χ1n) is 7.14. The van der Waals surface area contributed by atoms with Gasteiger partial charge in [-0.15, -0.1) is 11.3 Å². The second-order valence-corrected chi connectivity index (χ2v) is 6.29. The molecule has 3 heteroatoms. The lowest BCUT2D eigenvalue weighted by atomic mass is 9.94. The van der Waals surface area contributed by atoms with Gasteiger partial charge < -0.3 is 4.79 Å². The summed E-state index contributed by atoms with van der Waals surface area (Å²) in [6.45, 7) is 1.65. The predicted octanol–water partition coefficient (Wildman–Crippen LogP) is 4.80. The van der Waals surface area contributed by atoms with Crippen molar-refractivity contribution < 1.29 is 4.79 Å². The smallest absolute Gasteiger partial charge is 0.129 e. The van der Waals surface area contributed by atoms with Gasteiger partial charge in [0.2, 0.25) is 0 Å². The van der Waals surface area contributed by atoms with Crippen LogP contribution < -0.4 is 0 Å². The number of para-hydroxylation sites is 1. The van der Waals surface area contributed by atoms with E-state index in [-0.39, 0.29) is 11.7 Å². The summed E-state index contributed by atoms with van der Waals surface area (Å²) in [6.07, 6.45) is 1.41. The average Bonchev–Trinajstić information content (AvgIpc) is 2.92. The van der Waals surface area contributed by atoms with Crippen LogP contribution in [0.4, 0.5) is 0 Å².